The van der Waals surface area contributed by atoms with E-state index < -0.39 is 22.0 Å². The summed E-state index contributed by atoms with van der Waals surface area (Å²) in [4.78, 5) is 12.6. The number of halogens is 1. The molecule has 1 atom stereocenters. The highest BCUT2D eigenvalue weighted by molar-refractivity contribution is 9.10. The Labute approximate surface area is 156 Å². The predicted octanol–water partition coefficient (Wildman–Crippen LogP) is 3.25. The van der Waals surface area contributed by atoms with E-state index in [0.717, 1.165) is 15.0 Å². The van der Waals surface area contributed by atoms with Gasteiger partial charge in [0.05, 0.1) is 19.1 Å². The lowest BCUT2D eigenvalue weighted by Gasteiger charge is -2.28. The Morgan fingerprint density at radius 1 is 1.20 bits per heavy atom. The number of nitrogens with one attached hydrogen (secondary N) is 1. The van der Waals surface area contributed by atoms with Crippen LogP contribution in [0.15, 0.2) is 53.0 Å². The van der Waals surface area contributed by atoms with Gasteiger partial charge >= 0.3 is 0 Å². The van der Waals surface area contributed by atoms with Crippen molar-refractivity contribution in [3.05, 3.63) is 53.0 Å². The van der Waals surface area contributed by atoms with Crippen molar-refractivity contribution in [3.8, 4) is 5.75 Å². The average Bonchev–Trinajstić information content (AvgIpc) is 2.56. The third-order valence-electron chi connectivity index (χ3n) is 3.51. The molecule has 0 radical (unpaired) electrons. The number of hydrogen-bond acceptors (Lipinski definition) is 4. The van der Waals surface area contributed by atoms with Crippen molar-refractivity contribution in [2.75, 3.05) is 23.0 Å². The number of hydrogen-bond donors (Lipinski definition) is 1. The monoisotopic (exact) mass is 426 g/mol. The summed E-state index contributed by atoms with van der Waals surface area (Å²) in [6, 6.07) is 12.7. The molecule has 0 aliphatic rings. The minimum Gasteiger partial charge on any atom is -0.497 e. The summed E-state index contributed by atoms with van der Waals surface area (Å²) < 4.78 is 31.6. The van der Waals surface area contributed by atoms with Crippen LogP contribution in [0.3, 0.4) is 0 Å². The third kappa shape index (κ3) is 4.96. The van der Waals surface area contributed by atoms with Crippen molar-refractivity contribution in [1.29, 1.82) is 0 Å². The van der Waals surface area contributed by atoms with E-state index in [9.17, 15) is 13.2 Å². The molecule has 1 unspecified atom stereocenters. The molecule has 25 heavy (non-hydrogen) atoms. The summed E-state index contributed by atoms with van der Waals surface area (Å²) in [5, 5.41) is 2.72. The van der Waals surface area contributed by atoms with Gasteiger partial charge in [-0.3, -0.25) is 9.10 Å². The van der Waals surface area contributed by atoms with Gasteiger partial charge in [-0.05, 0) is 43.3 Å². The number of anilines is 2. The van der Waals surface area contributed by atoms with Gasteiger partial charge in [0.25, 0.3) is 0 Å². The second kappa shape index (κ2) is 7.88. The topological polar surface area (TPSA) is 75.7 Å². The molecule has 1 N–H and O–H groups in total. The van der Waals surface area contributed by atoms with Gasteiger partial charge in [0.2, 0.25) is 15.9 Å². The van der Waals surface area contributed by atoms with E-state index in [1.165, 1.54) is 14.0 Å². The first-order valence-electron chi connectivity index (χ1n) is 7.42. The van der Waals surface area contributed by atoms with E-state index in [1.54, 1.807) is 48.5 Å². The van der Waals surface area contributed by atoms with Crippen molar-refractivity contribution in [2.24, 2.45) is 0 Å². The molecule has 0 spiro atoms. The largest absolute Gasteiger partial charge is 0.497 e. The molecule has 0 bridgehead atoms. The fraction of sp³-hybridized carbons (Fsp3) is 0.235. The van der Waals surface area contributed by atoms with Gasteiger partial charge in [0, 0.05) is 16.2 Å². The molecule has 0 fully saturated rings. The molecule has 1 amide bonds. The third-order valence-corrected chi connectivity index (χ3v) is 5.28. The van der Waals surface area contributed by atoms with Gasteiger partial charge in [0.15, 0.2) is 0 Å². The van der Waals surface area contributed by atoms with Crippen LogP contribution < -0.4 is 14.4 Å². The Hall–Kier alpha value is -2.06. The molecule has 134 valence electrons. The molecule has 2 rings (SSSR count). The van der Waals surface area contributed by atoms with Crippen LogP contribution in [0.5, 0.6) is 5.75 Å². The summed E-state index contributed by atoms with van der Waals surface area (Å²) in [7, 11) is -2.18. The van der Waals surface area contributed by atoms with Gasteiger partial charge in [-0.15, -0.1) is 0 Å². The van der Waals surface area contributed by atoms with Crippen LogP contribution in [0, 0.1) is 0 Å². The molecule has 0 saturated carbocycles. The summed E-state index contributed by atoms with van der Waals surface area (Å²) >= 11 is 3.32. The van der Waals surface area contributed by atoms with Gasteiger partial charge in [-0.1, -0.05) is 22.0 Å². The Morgan fingerprint density at radius 3 is 2.40 bits per heavy atom. The van der Waals surface area contributed by atoms with Crippen molar-refractivity contribution in [3.63, 3.8) is 0 Å². The zero-order valence-corrected chi connectivity index (χ0v) is 16.5. The van der Waals surface area contributed by atoms with Crippen LogP contribution >= 0.6 is 15.9 Å². The number of sulfonamides is 1. The first-order valence-corrected chi connectivity index (χ1v) is 10.1. The lowest BCUT2D eigenvalue weighted by atomic mass is 10.2. The van der Waals surface area contributed by atoms with E-state index in [2.05, 4.69) is 21.2 Å². The van der Waals surface area contributed by atoms with Crippen LogP contribution in [0.4, 0.5) is 11.4 Å². The quantitative estimate of drug-likeness (QED) is 0.768. The summed E-state index contributed by atoms with van der Waals surface area (Å²) in [6.45, 7) is 1.54. The van der Waals surface area contributed by atoms with Crippen LogP contribution in [-0.4, -0.2) is 33.7 Å². The minimum atomic E-state index is -3.68. The molecular formula is C17H19BrN2O4S. The predicted molar refractivity (Wildman–Crippen MR) is 103 cm³/mol. The number of amides is 1. The minimum absolute atomic E-state index is 0.361. The van der Waals surface area contributed by atoms with Crippen molar-refractivity contribution in [2.45, 2.75) is 13.0 Å². The first kappa shape index (κ1) is 19.3. The maximum Gasteiger partial charge on any atom is 0.247 e. The molecular weight excluding hydrogens is 408 g/mol. The second-order valence-electron chi connectivity index (χ2n) is 5.43. The number of carbonyl (C=O) groups excluding carboxylic acids is 1. The van der Waals surface area contributed by atoms with Crippen LogP contribution in [0.25, 0.3) is 0 Å². The normalized spacial score (nSPS) is 12.3. The smallest absolute Gasteiger partial charge is 0.247 e. The Bertz CT molecular complexity index is 853. The van der Waals surface area contributed by atoms with Gasteiger partial charge < -0.3 is 10.1 Å². The molecule has 2 aromatic carbocycles. The maximum atomic E-state index is 12.6. The molecule has 0 saturated heterocycles. The number of methoxy groups -OCH3 is 1. The molecule has 0 heterocycles. The summed E-state index contributed by atoms with van der Waals surface area (Å²) in [5.41, 5.74) is 0.944. The molecule has 0 aliphatic carbocycles. The lowest BCUT2D eigenvalue weighted by molar-refractivity contribution is -0.116. The highest BCUT2D eigenvalue weighted by atomic mass is 79.9. The van der Waals surface area contributed by atoms with Crippen molar-refractivity contribution in [1.82, 2.24) is 0 Å². The maximum absolute atomic E-state index is 12.6. The van der Waals surface area contributed by atoms with Crippen LogP contribution in [0.2, 0.25) is 0 Å². The van der Waals surface area contributed by atoms with E-state index in [0.29, 0.717) is 17.1 Å². The second-order valence-corrected chi connectivity index (χ2v) is 8.21. The fourth-order valence-electron chi connectivity index (χ4n) is 2.34. The molecule has 6 nitrogen and oxygen atoms in total. The molecule has 0 aromatic heterocycles. The molecule has 8 heteroatoms. The van der Waals surface area contributed by atoms with Gasteiger partial charge in [-0.25, -0.2) is 8.42 Å². The highest BCUT2D eigenvalue weighted by Gasteiger charge is 2.29. The van der Waals surface area contributed by atoms with Gasteiger partial charge in [-0.2, -0.15) is 0 Å². The Kier molecular flexibility index (Phi) is 6.07. The number of rotatable bonds is 6. The van der Waals surface area contributed by atoms with Crippen LogP contribution in [-0.2, 0) is 14.8 Å². The van der Waals surface area contributed by atoms with Crippen molar-refractivity contribution >= 4 is 43.2 Å². The SMILES string of the molecule is COc1cccc(N(C(C)C(=O)Nc2ccc(Br)cc2)S(C)(=O)=O)c1. The number of nitrogens with zero attached hydrogens (tertiary/aromatic N) is 1. The number of benzene rings is 2. The van der Waals surface area contributed by atoms with E-state index >= 15 is 0 Å². The first-order chi connectivity index (χ1) is 11.7. The zero-order valence-electron chi connectivity index (χ0n) is 14.1. The molecule has 2 aromatic rings. The highest BCUT2D eigenvalue weighted by Crippen LogP contribution is 2.25. The summed E-state index contributed by atoms with van der Waals surface area (Å²) in [5.74, 6) is 0.0715. The van der Waals surface area contributed by atoms with E-state index in [4.69, 9.17) is 4.74 Å². The summed E-state index contributed by atoms with van der Waals surface area (Å²) in [6.07, 6.45) is 1.07. The average molecular weight is 427 g/mol. The van der Waals surface area contributed by atoms with Gasteiger partial charge in [0.1, 0.15) is 11.8 Å². The lowest BCUT2D eigenvalue weighted by Crippen LogP contribution is -2.45. The van der Waals surface area contributed by atoms with Crippen LogP contribution in [0.1, 0.15) is 6.92 Å². The number of ether oxygens (including phenoxy) is 1. The van der Waals surface area contributed by atoms with E-state index in [-0.39, 0.29) is 0 Å². The fourth-order valence-corrected chi connectivity index (χ4v) is 3.77. The number of carbonyl (C=O) groups is 1. The Morgan fingerprint density at radius 2 is 1.84 bits per heavy atom. The standard InChI is InChI=1S/C17H19BrN2O4S/c1-12(17(21)19-14-9-7-13(18)8-10-14)20(25(3,22)23)15-5-4-6-16(11-15)24-2/h4-12H,1-3H3,(H,19,21). The zero-order chi connectivity index (χ0) is 18.6. The van der Waals surface area contributed by atoms with Crippen molar-refractivity contribution < 1.29 is 17.9 Å². The Balaban J connectivity index is 2.30. The van der Waals surface area contributed by atoms with E-state index in [1.807, 2.05) is 0 Å². The molecule has 0 aliphatic heterocycles.